The van der Waals surface area contributed by atoms with E-state index in [9.17, 15) is 26.3 Å². The minimum atomic E-state index is -5.79. The lowest BCUT2D eigenvalue weighted by Crippen LogP contribution is -2.34. The molecule has 0 saturated heterocycles. The lowest BCUT2D eigenvalue weighted by Gasteiger charge is -2.20. The quantitative estimate of drug-likeness (QED) is 0.534. The van der Waals surface area contributed by atoms with Gasteiger partial charge in [0.05, 0.1) is 5.56 Å². The van der Waals surface area contributed by atoms with Crippen molar-refractivity contribution in [2.24, 2.45) is 0 Å². The maximum atomic E-state index is 12.8. The standard InChI is InChI=1S/C8H3F6I/c9-6-2-1-4(15)3-5(6)7(10,11)8(12,13)14/h1-3H. The first kappa shape index (κ1) is 12.6. The molecule has 0 nitrogen and oxygen atoms in total. The summed E-state index contributed by atoms with van der Waals surface area (Å²) in [7, 11) is 0. The van der Waals surface area contributed by atoms with Crippen LogP contribution < -0.4 is 0 Å². The number of rotatable bonds is 1. The van der Waals surface area contributed by atoms with Crippen molar-refractivity contribution in [2.75, 3.05) is 0 Å². The molecular weight excluding hydrogens is 337 g/mol. The maximum absolute atomic E-state index is 12.8. The molecule has 0 spiro atoms. The van der Waals surface area contributed by atoms with E-state index >= 15 is 0 Å². The highest BCUT2D eigenvalue weighted by Crippen LogP contribution is 2.44. The minimum absolute atomic E-state index is 0.105. The van der Waals surface area contributed by atoms with E-state index in [0.717, 1.165) is 6.07 Å². The summed E-state index contributed by atoms with van der Waals surface area (Å²) < 4.78 is 74.1. The van der Waals surface area contributed by atoms with Crippen LogP contribution in [0.1, 0.15) is 5.56 Å². The van der Waals surface area contributed by atoms with Crippen LogP contribution in [-0.4, -0.2) is 6.18 Å². The molecule has 0 amide bonds. The highest BCUT2D eigenvalue weighted by molar-refractivity contribution is 14.1. The third-order valence-corrected chi connectivity index (χ3v) is 2.29. The molecule has 0 aliphatic carbocycles. The third kappa shape index (κ3) is 2.37. The molecule has 0 fully saturated rings. The number of hydrogen-bond acceptors (Lipinski definition) is 0. The van der Waals surface area contributed by atoms with Gasteiger partial charge in [-0.15, -0.1) is 0 Å². The van der Waals surface area contributed by atoms with Crippen molar-refractivity contribution < 1.29 is 26.3 Å². The van der Waals surface area contributed by atoms with E-state index in [0.29, 0.717) is 12.1 Å². The SMILES string of the molecule is Fc1ccc(I)cc1C(F)(F)C(F)(F)F. The van der Waals surface area contributed by atoms with Gasteiger partial charge in [0.25, 0.3) is 0 Å². The second-order valence-corrected chi connectivity index (χ2v) is 3.94. The van der Waals surface area contributed by atoms with Gasteiger partial charge < -0.3 is 0 Å². The Hall–Kier alpha value is -0.470. The Kier molecular flexibility index (Phi) is 3.22. The molecule has 0 aromatic heterocycles. The normalized spacial score (nSPS) is 13.0. The van der Waals surface area contributed by atoms with E-state index in [1.807, 2.05) is 0 Å². The summed E-state index contributed by atoms with van der Waals surface area (Å²) in [5.74, 6) is -6.74. The Morgan fingerprint density at radius 3 is 2.00 bits per heavy atom. The molecule has 0 unspecified atom stereocenters. The molecule has 15 heavy (non-hydrogen) atoms. The summed E-state index contributed by atoms with van der Waals surface area (Å²) >= 11 is 1.52. The fraction of sp³-hybridized carbons (Fsp3) is 0.250. The van der Waals surface area contributed by atoms with Gasteiger partial charge in [0.2, 0.25) is 0 Å². The number of alkyl halides is 5. The van der Waals surface area contributed by atoms with E-state index in [2.05, 4.69) is 0 Å². The molecule has 0 atom stereocenters. The molecule has 1 aromatic rings. The predicted molar refractivity (Wildman–Crippen MR) is 49.1 cm³/mol. The van der Waals surface area contributed by atoms with Gasteiger partial charge in [-0.2, -0.15) is 22.0 Å². The Morgan fingerprint density at radius 1 is 1.00 bits per heavy atom. The zero-order chi connectivity index (χ0) is 11.9. The Balaban J connectivity index is 3.32. The average Bonchev–Trinajstić information content (AvgIpc) is 2.07. The summed E-state index contributed by atoms with van der Waals surface area (Å²) in [5.41, 5.74) is -1.65. The topological polar surface area (TPSA) is 0 Å². The predicted octanol–water partition coefficient (Wildman–Crippen LogP) is 4.08. The van der Waals surface area contributed by atoms with E-state index < -0.39 is 23.5 Å². The lowest BCUT2D eigenvalue weighted by molar-refractivity contribution is -0.290. The first-order chi connectivity index (χ1) is 6.66. The number of benzene rings is 1. The van der Waals surface area contributed by atoms with E-state index in [1.54, 1.807) is 0 Å². The molecule has 0 aliphatic heterocycles. The van der Waals surface area contributed by atoms with Gasteiger partial charge >= 0.3 is 12.1 Å². The summed E-state index contributed by atoms with van der Waals surface area (Å²) in [4.78, 5) is 0. The van der Waals surface area contributed by atoms with Crippen molar-refractivity contribution in [3.8, 4) is 0 Å². The highest BCUT2D eigenvalue weighted by atomic mass is 127. The third-order valence-electron chi connectivity index (χ3n) is 1.62. The van der Waals surface area contributed by atoms with Crippen molar-refractivity contribution in [1.82, 2.24) is 0 Å². The van der Waals surface area contributed by atoms with Gasteiger partial charge in [-0.05, 0) is 40.8 Å². The molecule has 1 aromatic carbocycles. The lowest BCUT2D eigenvalue weighted by atomic mass is 10.1. The molecule has 84 valence electrons. The van der Waals surface area contributed by atoms with Gasteiger partial charge in [-0.1, -0.05) is 0 Å². The summed E-state index contributed by atoms with van der Waals surface area (Å²) in [6.45, 7) is 0. The zero-order valence-electron chi connectivity index (χ0n) is 6.88. The van der Waals surface area contributed by atoms with Crippen LogP contribution in [0.15, 0.2) is 18.2 Å². The largest absolute Gasteiger partial charge is 0.458 e. The Morgan fingerprint density at radius 2 is 1.53 bits per heavy atom. The second kappa shape index (κ2) is 3.84. The Labute approximate surface area is 94.4 Å². The monoisotopic (exact) mass is 340 g/mol. The van der Waals surface area contributed by atoms with Crippen LogP contribution in [0.3, 0.4) is 0 Å². The minimum Gasteiger partial charge on any atom is -0.206 e. The second-order valence-electron chi connectivity index (χ2n) is 2.70. The summed E-state index contributed by atoms with van der Waals surface area (Å²) in [6.07, 6.45) is -5.79. The van der Waals surface area contributed by atoms with Crippen molar-refractivity contribution in [2.45, 2.75) is 12.1 Å². The molecule has 0 heterocycles. The average molecular weight is 340 g/mol. The molecule has 0 saturated carbocycles. The molecule has 7 heteroatoms. The van der Waals surface area contributed by atoms with Crippen molar-refractivity contribution in [3.63, 3.8) is 0 Å². The van der Waals surface area contributed by atoms with Gasteiger partial charge in [0, 0.05) is 3.57 Å². The molecule has 0 N–H and O–H groups in total. The number of halogens is 7. The molecule has 0 aliphatic rings. The van der Waals surface area contributed by atoms with Crippen LogP contribution in [0.25, 0.3) is 0 Å². The fourth-order valence-corrected chi connectivity index (χ4v) is 1.38. The smallest absolute Gasteiger partial charge is 0.206 e. The van der Waals surface area contributed by atoms with E-state index in [1.165, 1.54) is 22.6 Å². The van der Waals surface area contributed by atoms with Crippen molar-refractivity contribution in [1.29, 1.82) is 0 Å². The van der Waals surface area contributed by atoms with Crippen LogP contribution in [0.2, 0.25) is 0 Å². The zero-order valence-corrected chi connectivity index (χ0v) is 9.04. The van der Waals surface area contributed by atoms with Gasteiger partial charge in [0.15, 0.2) is 0 Å². The van der Waals surface area contributed by atoms with Crippen LogP contribution in [0, 0.1) is 9.39 Å². The fourth-order valence-electron chi connectivity index (χ4n) is 0.891. The maximum Gasteiger partial charge on any atom is 0.458 e. The van der Waals surface area contributed by atoms with Gasteiger partial charge in [-0.25, -0.2) is 4.39 Å². The van der Waals surface area contributed by atoms with Crippen LogP contribution in [-0.2, 0) is 5.92 Å². The van der Waals surface area contributed by atoms with Crippen LogP contribution in [0.4, 0.5) is 26.3 Å². The molecule has 0 radical (unpaired) electrons. The van der Waals surface area contributed by atoms with Crippen molar-refractivity contribution in [3.05, 3.63) is 33.1 Å². The first-order valence-corrected chi connectivity index (χ1v) is 4.64. The summed E-state index contributed by atoms with van der Waals surface area (Å²) in [6, 6.07) is 2.16. The van der Waals surface area contributed by atoms with Gasteiger partial charge in [0.1, 0.15) is 5.82 Å². The van der Waals surface area contributed by atoms with Crippen molar-refractivity contribution >= 4 is 22.6 Å². The number of hydrogen-bond donors (Lipinski definition) is 0. The van der Waals surface area contributed by atoms with E-state index in [-0.39, 0.29) is 3.57 Å². The summed E-state index contributed by atoms with van der Waals surface area (Å²) in [5, 5.41) is 0. The molecular formula is C8H3F6I. The van der Waals surface area contributed by atoms with E-state index in [4.69, 9.17) is 0 Å². The Bertz CT molecular complexity index is 370. The van der Waals surface area contributed by atoms with Gasteiger partial charge in [-0.3, -0.25) is 0 Å². The highest BCUT2D eigenvalue weighted by Gasteiger charge is 2.59. The van der Waals surface area contributed by atoms with Crippen LogP contribution in [0.5, 0.6) is 0 Å². The first-order valence-electron chi connectivity index (χ1n) is 3.56. The molecule has 0 bridgehead atoms. The van der Waals surface area contributed by atoms with Crippen LogP contribution >= 0.6 is 22.6 Å². The molecule has 1 rings (SSSR count).